The molecule has 2 aromatic carbocycles. The van der Waals surface area contributed by atoms with Crippen molar-refractivity contribution in [1.82, 2.24) is 14.9 Å². The molecule has 0 radical (unpaired) electrons. The normalized spacial score (nSPS) is 34.7. The fourth-order valence-electron chi connectivity index (χ4n) is 7.71. The molecule has 0 saturated carbocycles. The number of piperidine rings is 2. The van der Waals surface area contributed by atoms with E-state index in [4.69, 9.17) is 0 Å². The highest BCUT2D eigenvalue weighted by Crippen LogP contribution is 2.52. The molecule has 3 aromatic rings. The van der Waals surface area contributed by atoms with Gasteiger partial charge in [0.25, 0.3) is 5.88 Å². The van der Waals surface area contributed by atoms with E-state index in [0.717, 1.165) is 18.7 Å². The van der Waals surface area contributed by atoms with Gasteiger partial charge >= 0.3 is 0 Å². The summed E-state index contributed by atoms with van der Waals surface area (Å²) in [4.78, 5) is 5.34. The number of benzene rings is 2. The molecule has 8 N–H and O–H groups in total. The fraction of sp³-hybridized carbons (Fsp3) is 0.448. The number of hydrogen-bond acceptors (Lipinski definition) is 9. The molecule has 0 spiro atoms. The Labute approximate surface area is 225 Å². The van der Waals surface area contributed by atoms with E-state index < -0.39 is 35.0 Å². The minimum Gasteiger partial charge on any atom is -0.503 e. The first-order valence-corrected chi connectivity index (χ1v) is 13.6. The quantitative estimate of drug-likeness (QED) is 0.253. The monoisotopic (exact) mass is 534 g/mol. The van der Waals surface area contributed by atoms with Crippen LogP contribution in [-0.4, -0.2) is 82.6 Å². The molecule has 4 aliphatic rings. The average Bonchev–Trinajstić information content (AvgIpc) is 3.51. The molecule has 0 amide bonds. The van der Waals surface area contributed by atoms with E-state index in [-0.39, 0.29) is 41.4 Å². The maximum absolute atomic E-state index is 12.1. The molecule has 7 rings (SSSR count). The van der Waals surface area contributed by atoms with Crippen LogP contribution in [0.5, 0.6) is 0 Å². The number of anilines is 1. The number of nitrogens with one attached hydrogen (secondary N) is 2. The second-order valence-electron chi connectivity index (χ2n) is 11.7. The van der Waals surface area contributed by atoms with Crippen LogP contribution < -0.4 is 5.32 Å². The van der Waals surface area contributed by atoms with Crippen LogP contribution >= 0.6 is 0 Å². The van der Waals surface area contributed by atoms with E-state index in [1.54, 1.807) is 31.2 Å². The summed E-state index contributed by atoms with van der Waals surface area (Å²) in [5.74, 6) is -1.79. The average molecular weight is 535 g/mol. The minimum absolute atomic E-state index is 0.0132. The number of aliphatic hydroxyl groups is 5. The molecule has 7 unspecified atom stereocenters. The van der Waals surface area contributed by atoms with E-state index in [2.05, 4.69) is 27.3 Å². The predicted octanol–water partition coefficient (Wildman–Crippen LogP) is 2.93. The first-order valence-electron chi connectivity index (χ1n) is 13.6. The van der Waals surface area contributed by atoms with Gasteiger partial charge in [0.15, 0.2) is 5.76 Å². The number of aliphatic hydroxyl groups excluding tert-OH is 3. The van der Waals surface area contributed by atoms with Crippen LogP contribution in [0, 0.1) is 5.92 Å². The molecule has 5 heterocycles. The molecule has 1 aromatic heterocycles. The Bertz CT molecular complexity index is 1490. The molecular formula is C29H34N4O6. The molecule has 10 nitrogen and oxygen atoms in total. The van der Waals surface area contributed by atoms with Gasteiger partial charge in [0, 0.05) is 47.6 Å². The first kappa shape index (κ1) is 24.7. The summed E-state index contributed by atoms with van der Waals surface area (Å²) >= 11 is 0. The smallest absolute Gasteiger partial charge is 0.258 e. The zero-order valence-electron chi connectivity index (χ0n) is 21.6. The number of hydroxylamine groups is 2. The predicted molar refractivity (Wildman–Crippen MR) is 144 cm³/mol. The maximum Gasteiger partial charge on any atom is 0.258 e. The van der Waals surface area contributed by atoms with E-state index in [1.165, 1.54) is 5.56 Å². The summed E-state index contributed by atoms with van der Waals surface area (Å²) in [5, 5.41) is 71.9. The number of nitrogens with zero attached hydrogens (tertiary/aromatic N) is 2. The number of hydrogen-bond donors (Lipinski definition) is 8. The second-order valence-corrected chi connectivity index (χ2v) is 11.7. The van der Waals surface area contributed by atoms with Gasteiger partial charge in [0.05, 0.1) is 17.4 Å². The largest absolute Gasteiger partial charge is 0.503 e. The van der Waals surface area contributed by atoms with Crippen LogP contribution in [0.15, 0.2) is 54.4 Å². The molecule has 10 heteroatoms. The number of aromatic nitrogens is 1. The van der Waals surface area contributed by atoms with E-state index >= 15 is 0 Å². The van der Waals surface area contributed by atoms with Crippen molar-refractivity contribution in [2.75, 3.05) is 18.4 Å². The Morgan fingerprint density at radius 2 is 1.82 bits per heavy atom. The van der Waals surface area contributed by atoms with Crippen LogP contribution in [0.3, 0.4) is 0 Å². The lowest BCUT2D eigenvalue weighted by molar-refractivity contribution is -0.288. The summed E-state index contributed by atoms with van der Waals surface area (Å²) in [7, 11) is 0. The van der Waals surface area contributed by atoms with Crippen LogP contribution in [-0.2, 0) is 5.72 Å². The minimum atomic E-state index is -2.21. The fourth-order valence-corrected chi connectivity index (χ4v) is 7.71. The molecule has 7 atom stereocenters. The summed E-state index contributed by atoms with van der Waals surface area (Å²) in [6, 6.07) is 15.5. The van der Waals surface area contributed by atoms with Gasteiger partial charge in [-0.05, 0) is 49.9 Å². The lowest BCUT2D eigenvalue weighted by atomic mass is 9.67. The van der Waals surface area contributed by atoms with Gasteiger partial charge in [-0.3, -0.25) is 10.1 Å². The van der Waals surface area contributed by atoms with Crippen molar-refractivity contribution in [2.45, 2.75) is 61.6 Å². The highest BCUT2D eigenvalue weighted by molar-refractivity contribution is 5.93. The summed E-state index contributed by atoms with van der Waals surface area (Å²) in [5.41, 5.74) is -0.473. The summed E-state index contributed by atoms with van der Waals surface area (Å²) in [6.45, 7) is 2.52. The second kappa shape index (κ2) is 8.36. The highest BCUT2D eigenvalue weighted by atomic mass is 16.6. The molecule has 39 heavy (non-hydrogen) atoms. The van der Waals surface area contributed by atoms with Crippen molar-refractivity contribution < 1.29 is 30.7 Å². The van der Waals surface area contributed by atoms with E-state index in [9.17, 15) is 30.7 Å². The lowest BCUT2D eigenvalue weighted by Gasteiger charge is -2.56. The van der Waals surface area contributed by atoms with Gasteiger partial charge in [0.2, 0.25) is 5.72 Å². The Morgan fingerprint density at radius 1 is 1.08 bits per heavy atom. The Hall–Kier alpha value is -3.28. The van der Waals surface area contributed by atoms with E-state index in [0.29, 0.717) is 23.2 Å². The number of fused-ring (bicyclic) bond motifs is 8. The topological polar surface area (TPSA) is 156 Å². The Balaban J connectivity index is 1.29. The van der Waals surface area contributed by atoms with Gasteiger partial charge in [-0.25, -0.2) is 0 Å². The third-order valence-corrected chi connectivity index (χ3v) is 9.78. The zero-order valence-corrected chi connectivity index (χ0v) is 21.6. The molecule has 4 aliphatic heterocycles. The van der Waals surface area contributed by atoms with Crippen LogP contribution in [0.25, 0.3) is 16.7 Å². The van der Waals surface area contributed by atoms with Crippen molar-refractivity contribution in [3.63, 3.8) is 0 Å². The zero-order chi connectivity index (χ0) is 27.3. The SMILES string of the molecule is CC(O)C1(O)CN2CCC3c4ccccc4NC3C2CC1CC1(O)c2[nH]c3ccccc3c2C(O)=C(O)N1O. The van der Waals surface area contributed by atoms with E-state index in [1.807, 2.05) is 12.1 Å². The first-order chi connectivity index (χ1) is 18.6. The Morgan fingerprint density at radius 3 is 2.62 bits per heavy atom. The number of para-hydroxylation sites is 2. The van der Waals surface area contributed by atoms with Crippen LogP contribution in [0.2, 0.25) is 0 Å². The summed E-state index contributed by atoms with van der Waals surface area (Å²) in [6.07, 6.45) is 0.0350. The van der Waals surface area contributed by atoms with Crippen molar-refractivity contribution in [1.29, 1.82) is 0 Å². The molecular weight excluding hydrogens is 500 g/mol. The molecule has 0 bridgehead atoms. The van der Waals surface area contributed by atoms with Gasteiger partial charge < -0.3 is 35.8 Å². The number of rotatable bonds is 3. The molecule has 0 aliphatic carbocycles. The van der Waals surface area contributed by atoms with Crippen molar-refractivity contribution >= 4 is 22.3 Å². The number of aromatic amines is 1. The van der Waals surface area contributed by atoms with Gasteiger partial charge in [-0.15, -0.1) is 0 Å². The van der Waals surface area contributed by atoms with Crippen molar-refractivity contribution in [3.8, 4) is 0 Å². The molecule has 2 saturated heterocycles. The third-order valence-electron chi connectivity index (χ3n) is 9.78. The third kappa shape index (κ3) is 3.33. The van der Waals surface area contributed by atoms with Crippen LogP contribution in [0.4, 0.5) is 5.69 Å². The lowest BCUT2D eigenvalue weighted by Crippen LogP contribution is -2.68. The molecule has 2 fully saturated rings. The van der Waals surface area contributed by atoms with Gasteiger partial charge in [0.1, 0.15) is 5.60 Å². The van der Waals surface area contributed by atoms with Crippen molar-refractivity contribution in [3.05, 3.63) is 71.2 Å². The summed E-state index contributed by atoms with van der Waals surface area (Å²) < 4.78 is 0. The maximum atomic E-state index is 12.1. The standard InChI is InChI=1S/C29H34N4O6/c1-15(34)28(37)14-32-11-10-18-17-6-2-4-8-20(17)30-24(18)22(32)12-16(28)13-29(38)26-23(25(35)27(36)33(29)39)19-7-3-5-9-21(19)31-26/h2-9,15-16,18,22,24,30-31,34-39H,10-14H2,1H3. The van der Waals surface area contributed by atoms with Gasteiger partial charge in [-0.2, -0.15) is 5.06 Å². The molecule has 206 valence electrons. The Kier molecular flexibility index (Phi) is 5.30. The van der Waals surface area contributed by atoms with Crippen LogP contribution in [0.1, 0.15) is 48.9 Å². The van der Waals surface area contributed by atoms with Crippen molar-refractivity contribution in [2.24, 2.45) is 5.92 Å². The number of H-pyrrole nitrogens is 1. The van der Waals surface area contributed by atoms with Gasteiger partial charge in [-0.1, -0.05) is 36.4 Å². The highest BCUT2D eigenvalue weighted by Gasteiger charge is 2.58.